The number of fused-ring (bicyclic) bond motifs is 5. The molecule has 0 spiro atoms. The monoisotopic (exact) mass is 178 g/mol. The number of hydrogen-bond acceptors (Lipinski definition) is 3. The molecule has 3 aliphatic rings. The van der Waals surface area contributed by atoms with Crippen molar-refractivity contribution in [2.45, 2.75) is 13.3 Å². The van der Waals surface area contributed by atoms with Gasteiger partial charge >= 0.3 is 11.9 Å². The Hall–Kier alpha value is -1.12. The highest BCUT2D eigenvalue weighted by Gasteiger charge is 2.66. The lowest BCUT2D eigenvalue weighted by molar-refractivity contribution is -0.156. The first-order chi connectivity index (χ1) is 6.14. The first kappa shape index (κ1) is 7.30. The maximum Gasteiger partial charge on any atom is 0.320 e. The third-order valence-electron chi connectivity index (χ3n) is 3.85. The summed E-state index contributed by atoms with van der Waals surface area (Å²) in [6.07, 6.45) is 5.06. The number of hydrogen-bond donors (Lipinski definition) is 0. The van der Waals surface area contributed by atoms with Gasteiger partial charge in [-0.25, -0.2) is 0 Å². The maximum atomic E-state index is 11.5. The molecular formula is C10H10O3. The second-order valence-corrected chi connectivity index (χ2v) is 4.36. The number of rotatable bonds is 0. The fraction of sp³-hybridized carbons (Fsp3) is 0.600. The van der Waals surface area contributed by atoms with Crippen LogP contribution in [0.4, 0.5) is 0 Å². The van der Waals surface area contributed by atoms with Crippen molar-refractivity contribution in [1.82, 2.24) is 0 Å². The second kappa shape index (κ2) is 1.86. The van der Waals surface area contributed by atoms with Gasteiger partial charge in [-0.2, -0.15) is 0 Å². The molecule has 3 rings (SSSR count). The molecule has 2 fully saturated rings. The molecule has 1 saturated heterocycles. The van der Waals surface area contributed by atoms with Crippen molar-refractivity contribution in [1.29, 1.82) is 0 Å². The molecule has 3 heteroatoms. The molecular weight excluding hydrogens is 168 g/mol. The Labute approximate surface area is 75.8 Å². The first-order valence-electron chi connectivity index (χ1n) is 4.58. The highest BCUT2D eigenvalue weighted by molar-refractivity contribution is 6.00. The van der Waals surface area contributed by atoms with Gasteiger partial charge in [-0.05, 0) is 25.2 Å². The number of cyclic esters (lactones) is 2. The summed E-state index contributed by atoms with van der Waals surface area (Å²) in [6.45, 7) is 1.86. The topological polar surface area (TPSA) is 43.4 Å². The van der Waals surface area contributed by atoms with Gasteiger partial charge < -0.3 is 4.74 Å². The number of carbonyl (C=O) groups is 2. The van der Waals surface area contributed by atoms with Crippen LogP contribution >= 0.6 is 0 Å². The molecule has 2 aliphatic carbocycles. The average molecular weight is 178 g/mol. The van der Waals surface area contributed by atoms with Gasteiger partial charge in [0.05, 0.1) is 11.3 Å². The summed E-state index contributed by atoms with van der Waals surface area (Å²) in [5.41, 5.74) is -0.545. The summed E-state index contributed by atoms with van der Waals surface area (Å²) in [4.78, 5) is 22.9. The molecule has 1 aliphatic heterocycles. The summed E-state index contributed by atoms with van der Waals surface area (Å²) in [5, 5.41) is 0. The molecule has 0 unspecified atom stereocenters. The minimum absolute atomic E-state index is 0.199. The summed E-state index contributed by atoms with van der Waals surface area (Å²) in [7, 11) is 0. The summed E-state index contributed by atoms with van der Waals surface area (Å²) < 4.78 is 4.69. The highest BCUT2D eigenvalue weighted by Crippen LogP contribution is 2.59. The summed E-state index contributed by atoms with van der Waals surface area (Å²) in [5.74, 6) is -0.367. The lowest BCUT2D eigenvalue weighted by Crippen LogP contribution is -2.34. The average Bonchev–Trinajstić information content (AvgIpc) is 2.66. The van der Waals surface area contributed by atoms with E-state index >= 15 is 0 Å². The van der Waals surface area contributed by atoms with Crippen LogP contribution < -0.4 is 0 Å². The summed E-state index contributed by atoms with van der Waals surface area (Å²) in [6, 6.07) is 0. The van der Waals surface area contributed by atoms with E-state index in [1.54, 1.807) is 0 Å². The van der Waals surface area contributed by atoms with Crippen molar-refractivity contribution < 1.29 is 14.3 Å². The quantitative estimate of drug-likeness (QED) is 0.314. The molecule has 0 radical (unpaired) electrons. The van der Waals surface area contributed by atoms with E-state index in [9.17, 15) is 9.59 Å². The van der Waals surface area contributed by atoms with Gasteiger partial charge in [-0.1, -0.05) is 12.2 Å². The minimum atomic E-state index is -0.545. The molecule has 1 saturated carbocycles. The molecule has 68 valence electrons. The van der Waals surface area contributed by atoms with E-state index in [1.165, 1.54) is 0 Å². The molecule has 0 N–H and O–H groups in total. The number of carbonyl (C=O) groups excluding carboxylic acids is 2. The van der Waals surface area contributed by atoms with Crippen LogP contribution in [-0.2, 0) is 14.3 Å². The SMILES string of the molecule is C[C@@]12C(=O)OC(=O)[C@@H]1[C@@H]1C=C[C@H]2C1. The van der Waals surface area contributed by atoms with Crippen LogP contribution in [0.15, 0.2) is 12.2 Å². The summed E-state index contributed by atoms with van der Waals surface area (Å²) >= 11 is 0. The van der Waals surface area contributed by atoms with Gasteiger partial charge in [0.15, 0.2) is 0 Å². The van der Waals surface area contributed by atoms with Crippen LogP contribution in [-0.4, -0.2) is 11.9 Å². The molecule has 13 heavy (non-hydrogen) atoms. The zero-order chi connectivity index (χ0) is 9.22. The van der Waals surface area contributed by atoms with Gasteiger partial charge in [0.25, 0.3) is 0 Å². The Morgan fingerprint density at radius 1 is 1.46 bits per heavy atom. The predicted molar refractivity (Wildman–Crippen MR) is 43.4 cm³/mol. The van der Waals surface area contributed by atoms with Crippen molar-refractivity contribution >= 4 is 11.9 Å². The Balaban J connectivity index is 2.17. The van der Waals surface area contributed by atoms with Gasteiger partial charge in [-0.15, -0.1) is 0 Å². The zero-order valence-corrected chi connectivity index (χ0v) is 7.32. The van der Waals surface area contributed by atoms with E-state index in [0.717, 1.165) is 6.42 Å². The molecule has 2 bridgehead atoms. The van der Waals surface area contributed by atoms with Crippen molar-refractivity contribution in [2.24, 2.45) is 23.2 Å². The van der Waals surface area contributed by atoms with Crippen molar-refractivity contribution in [3.05, 3.63) is 12.2 Å². The lowest BCUT2D eigenvalue weighted by Gasteiger charge is -2.25. The molecule has 0 aromatic carbocycles. The van der Waals surface area contributed by atoms with Crippen molar-refractivity contribution in [3.63, 3.8) is 0 Å². The predicted octanol–water partition coefficient (Wildman–Crippen LogP) is 0.898. The number of esters is 2. The van der Waals surface area contributed by atoms with Crippen LogP contribution in [0.1, 0.15) is 13.3 Å². The Morgan fingerprint density at radius 3 is 2.92 bits per heavy atom. The maximum absolute atomic E-state index is 11.5. The van der Waals surface area contributed by atoms with Crippen LogP contribution in [0.2, 0.25) is 0 Å². The Morgan fingerprint density at radius 2 is 2.23 bits per heavy atom. The largest absolute Gasteiger partial charge is 0.392 e. The van der Waals surface area contributed by atoms with Gasteiger partial charge in [-0.3, -0.25) is 9.59 Å². The standard InChI is InChI=1S/C10H10O3/c1-10-6-3-2-5(4-6)7(10)8(11)13-9(10)12/h2-3,5-7H,4H2,1H3/t5-,6+,7+,10+/m1/s1. The number of allylic oxidation sites excluding steroid dienone is 2. The molecule has 1 heterocycles. The third kappa shape index (κ3) is 0.598. The first-order valence-corrected chi connectivity index (χ1v) is 4.58. The third-order valence-corrected chi connectivity index (χ3v) is 3.85. The highest BCUT2D eigenvalue weighted by atomic mass is 16.6. The second-order valence-electron chi connectivity index (χ2n) is 4.36. The van der Waals surface area contributed by atoms with E-state index in [-0.39, 0.29) is 29.7 Å². The Bertz CT molecular complexity index is 344. The fourth-order valence-electron chi connectivity index (χ4n) is 3.06. The van der Waals surface area contributed by atoms with E-state index in [4.69, 9.17) is 4.74 Å². The zero-order valence-electron chi connectivity index (χ0n) is 7.32. The van der Waals surface area contributed by atoms with Crippen LogP contribution in [0.3, 0.4) is 0 Å². The van der Waals surface area contributed by atoms with E-state index in [1.807, 2.05) is 6.92 Å². The molecule has 0 aromatic heterocycles. The van der Waals surface area contributed by atoms with E-state index < -0.39 is 5.41 Å². The molecule has 4 atom stereocenters. The molecule has 0 aromatic rings. The van der Waals surface area contributed by atoms with Crippen LogP contribution in [0.25, 0.3) is 0 Å². The molecule has 3 nitrogen and oxygen atoms in total. The smallest absolute Gasteiger partial charge is 0.320 e. The van der Waals surface area contributed by atoms with Gasteiger partial charge in [0, 0.05) is 0 Å². The number of ether oxygens (including phenoxy) is 1. The van der Waals surface area contributed by atoms with Crippen molar-refractivity contribution in [2.75, 3.05) is 0 Å². The van der Waals surface area contributed by atoms with Crippen molar-refractivity contribution in [3.8, 4) is 0 Å². The van der Waals surface area contributed by atoms with Gasteiger partial charge in [0.1, 0.15) is 0 Å². The van der Waals surface area contributed by atoms with Crippen LogP contribution in [0.5, 0.6) is 0 Å². The minimum Gasteiger partial charge on any atom is -0.392 e. The van der Waals surface area contributed by atoms with Gasteiger partial charge in [0.2, 0.25) is 0 Å². The lowest BCUT2D eigenvalue weighted by atomic mass is 9.72. The van der Waals surface area contributed by atoms with E-state index in [0.29, 0.717) is 0 Å². The fourth-order valence-corrected chi connectivity index (χ4v) is 3.06. The normalized spacial score (nSPS) is 51.3. The Kier molecular flexibility index (Phi) is 1.05. The van der Waals surface area contributed by atoms with Crippen LogP contribution in [0, 0.1) is 23.2 Å². The molecule has 0 amide bonds. The van der Waals surface area contributed by atoms with E-state index in [2.05, 4.69) is 12.2 Å².